The van der Waals surface area contributed by atoms with Crippen molar-refractivity contribution in [2.45, 2.75) is 33.2 Å². The van der Waals surface area contributed by atoms with Crippen molar-refractivity contribution in [1.29, 1.82) is 0 Å². The van der Waals surface area contributed by atoms with Crippen LogP contribution in [0.25, 0.3) is 0 Å². The number of ether oxygens (including phenoxy) is 2. The van der Waals surface area contributed by atoms with Gasteiger partial charge in [-0.2, -0.15) is 0 Å². The smallest absolute Gasteiger partial charge is 0.122 e. The Balaban J connectivity index is 1.93. The lowest BCUT2D eigenvalue weighted by molar-refractivity contribution is 0.393. The molecule has 0 aliphatic rings. The van der Waals surface area contributed by atoms with E-state index in [1.807, 2.05) is 30.6 Å². The minimum absolute atomic E-state index is 0.220. The number of rotatable bonds is 6. The lowest BCUT2D eigenvalue weighted by Gasteiger charge is -2.18. The summed E-state index contributed by atoms with van der Waals surface area (Å²) in [6.45, 7) is 7.27. The average Bonchev–Trinajstić information content (AvgIpc) is 3.11. The maximum absolute atomic E-state index is 5.39. The number of aryl methyl sites for hydroxylation is 1. The largest absolute Gasteiger partial charge is 0.497 e. The van der Waals surface area contributed by atoms with Gasteiger partial charge in [0.25, 0.3) is 0 Å². The van der Waals surface area contributed by atoms with E-state index in [0.29, 0.717) is 0 Å². The van der Waals surface area contributed by atoms with Gasteiger partial charge in [0.1, 0.15) is 17.3 Å². The van der Waals surface area contributed by atoms with Crippen LogP contribution in [0.15, 0.2) is 48.8 Å². The van der Waals surface area contributed by atoms with E-state index in [1.54, 1.807) is 14.2 Å². The van der Waals surface area contributed by atoms with E-state index >= 15 is 0 Å². The van der Waals surface area contributed by atoms with Crippen LogP contribution in [0.2, 0.25) is 0 Å². The van der Waals surface area contributed by atoms with Crippen LogP contribution in [-0.4, -0.2) is 23.8 Å². The minimum Gasteiger partial charge on any atom is -0.497 e. The summed E-state index contributed by atoms with van der Waals surface area (Å²) in [4.78, 5) is 4.65. The molecular weight excluding hydrogens is 324 g/mol. The Labute approximate surface area is 155 Å². The lowest BCUT2D eigenvalue weighted by atomic mass is 9.93. The number of hydrogen-bond donors (Lipinski definition) is 0. The third kappa shape index (κ3) is 3.59. The van der Waals surface area contributed by atoms with E-state index in [1.165, 1.54) is 16.7 Å². The van der Waals surface area contributed by atoms with Crippen LogP contribution in [-0.2, 0) is 6.54 Å². The predicted octanol–water partition coefficient (Wildman–Crippen LogP) is 4.72. The highest BCUT2D eigenvalue weighted by molar-refractivity contribution is 5.40. The summed E-state index contributed by atoms with van der Waals surface area (Å²) in [5, 5.41) is 0. The molecule has 4 nitrogen and oxygen atoms in total. The molecule has 0 saturated heterocycles. The van der Waals surface area contributed by atoms with E-state index < -0.39 is 0 Å². The topological polar surface area (TPSA) is 36.3 Å². The van der Waals surface area contributed by atoms with Crippen LogP contribution < -0.4 is 9.47 Å². The summed E-state index contributed by atoms with van der Waals surface area (Å²) in [6, 6.07) is 12.4. The molecule has 4 heteroatoms. The van der Waals surface area contributed by atoms with Crippen molar-refractivity contribution in [2.24, 2.45) is 0 Å². The second-order valence-electron chi connectivity index (χ2n) is 6.65. The Kier molecular flexibility index (Phi) is 5.31. The van der Waals surface area contributed by atoms with Gasteiger partial charge in [0.05, 0.1) is 14.2 Å². The molecule has 1 aromatic heterocycles. The highest BCUT2D eigenvalue weighted by atomic mass is 16.5. The SMILES string of the molecule is COc1cc(Cn2ccnc2[C@@H](C)c2cccc(C)c2C)cc(OC)c1. The molecule has 0 fully saturated rings. The molecule has 0 saturated carbocycles. The van der Waals surface area contributed by atoms with Crippen LogP contribution in [0, 0.1) is 13.8 Å². The van der Waals surface area contributed by atoms with Crippen LogP contribution >= 0.6 is 0 Å². The van der Waals surface area contributed by atoms with Gasteiger partial charge in [-0.25, -0.2) is 4.98 Å². The molecule has 0 N–H and O–H groups in total. The first kappa shape index (κ1) is 18.1. The van der Waals surface area contributed by atoms with Crippen LogP contribution in [0.4, 0.5) is 0 Å². The highest BCUT2D eigenvalue weighted by Gasteiger charge is 2.17. The lowest BCUT2D eigenvalue weighted by Crippen LogP contribution is -2.10. The van der Waals surface area contributed by atoms with Gasteiger partial charge in [-0.05, 0) is 48.2 Å². The first-order valence-corrected chi connectivity index (χ1v) is 8.82. The van der Waals surface area contributed by atoms with Gasteiger partial charge in [0.15, 0.2) is 0 Å². The fraction of sp³-hybridized carbons (Fsp3) is 0.318. The van der Waals surface area contributed by atoms with Gasteiger partial charge in [0.2, 0.25) is 0 Å². The van der Waals surface area contributed by atoms with Gasteiger partial charge in [-0.15, -0.1) is 0 Å². The number of benzene rings is 2. The molecule has 0 bridgehead atoms. The highest BCUT2D eigenvalue weighted by Crippen LogP contribution is 2.29. The number of aromatic nitrogens is 2. The van der Waals surface area contributed by atoms with Crippen LogP contribution in [0.1, 0.15) is 40.9 Å². The van der Waals surface area contributed by atoms with Crippen molar-refractivity contribution in [3.63, 3.8) is 0 Å². The Morgan fingerprint density at radius 2 is 1.73 bits per heavy atom. The molecule has 0 aliphatic heterocycles. The maximum atomic E-state index is 5.39. The van der Waals surface area contributed by atoms with E-state index in [4.69, 9.17) is 9.47 Å². The molecule has 136 valence electrons. The van der Waals surface area contributed by atoms with E-state index in [0.717, 1.165) is 29.4 Å². The van der Waals surface area contributed by atoms with E-state index in [2.05, 4.69) is 48.5 Å². The van der Waals surface area contributed by atoms with Gasteiger partial charge in [-0.3, -0.25) is 0 Å². The third-order valence-electron chi connectivity index (χ3n) is 5.01. The molecule has 0 unspecified atom stereocenters. The van der Waals surface area contributed by atoms with Crippen molar-refractivity contribution in [2.75, 3.05) is 14.2 Å². The van der Waals surface area contributed by atoms with Crippen molar-refractivity contribution in [1.82, 2.24) is 9.55 Å². The molecule has 3 rings (SSSR count). The normalized spacial score (nSPS) is 12.0. The Hall–Kier alpha value is -2.75. The van der Waals surface area contributed by atoms with Crippen LogP contribution in [0.5, 0.6) is 11.5 Å². The number of imidazole rings is 1. The molecular formula is C22H26N2O2. The molecule has 0 spiro atoms. The van der Waals surface area contributed by atoms with Crippen molar-refractivity contribution in [3.8, 4) is 11.5 Å². The molecule has 1 heterocycles. The summed E-state index contributed by atoms with van der Waals surface area (Å²) in [5.74, 6) is 2.87. The third-order valence-corrected chi connectivity index (χ3v) is 5.01. The second-order valence-corrected chi connectivity index (χ2v) is 6.65. The molecule has 0 radical (unpaired) electrons. The zero-order chi connectivity index (χ0) is 18.7. The van der Waals surface area contributed by atoms with Gasteiger partial charge in [-0.1, -0.05) is 25.1 Å². The average molecular weight is 350 g/mol. The quantitative estimate of drug-likeness (QED) is 0.645. The number of methoxy groups -OCH3 is 2. The maximum Gasteiger partial charge on any atom is 0.122 e. The first-order chi connectivity index (χ1) is 12.5. The molecule has 1 atom stereocenters. The summed E-state index contributed by atoms with van der Waals surface area (Å²) in [6.07, 6.45) is 3.90. The molecule has 3 aromatic rings. The van der Waals surface area contributed by atoms with Gasteiger partial charge >= 0.3 is 0 Å². The zero-order valence-corrected chi connectivity index (χ0v) is 16.1. The minimum atomic E-state index is 0.220. The van der Waals surface area contributed by atoms with Crippen molar-refractivity contribution in [3.05, 3.63) is 76.9 Å². The fourth-order valence-corrected chi connectivity index (χ4v) is 3.37. The van der Waals surface area contributed by atoms with Gasteiger partial charge in [0, 0.05) is 30.9 Å². The predicted molar refractivity (Wildman–Crippen MR) is 104 cm³/mol. The first-order valence-electron chi connectivity index (χ1n) is 8.82. The fourth-order valence-electron chi connectivity index (χ4n) is 3.37. The Morgan fingerprint density at radius 1 is 1.04 bits per heavy atom. The Bertz CT molecular complexity index is 877. The van der Waals surface area contributed by atoms with E-state index in [9.17, 15) is 0 Å². The number of hydrogen-bond acceptors (Lipinski definition) is 3. The van der Waals surface area contributed by atoms with Crippen LogP contribution in [0.3, 0.4) is 0 Å². The summed E-state index contributed by atoms with van der Waals surface area (Å²) in [5.41, 5.74) is 5.08. The summed E-state index contributed by atoms with van der Waals surface area (Å²) < 4.78 is 13.0. The summed E-state index contributed by atoms with van der Waals surface area (Å²) >= 11 is 0. The van der Waals surface area contributed by atoms with Crippen molar-refractivity contribution >= 4 is 0 Å². The summed E-state index contributed by atoms with van der Waals surface area (Å²) in [7, 11) is 3.34. The zero-order valence-electron chi connectivity index (χ0n) is 16.1. The Morgan fingerprint density at radius 3 is 2.38 bits per heavy atom. The molecule has 0 amide bonds. The monoisotopic (exact) mass is 350 g/mol. The molecule has 26 heavy (non-hydrogen) atoms. The standard InChI is InChI=1S/C22H26N2O2/c1-15-7-6-8-21(16(15)2)17(3)22-23-9-10-24(22)14-18-11-19(25-4)13-20(12-18)26-5/h6-13,17H,14H2,1-5H3/t17-/m0/s1. The molecule has 0 aliphatic carbocycles. The second kappa shape index (κ2) is 7.65. The molecule has 2 aromatic carbocycles. The van der Waals surface area contributed by atoms with Crippen molar-refractivity contribution < 1.29 is 9.47 Å². The van der Waals surface area contributed by atoms with E-state index in [-0.39, 0.29) is 5.92 Å². The number of nitrogens with zero attached hydrogens (tertiary/aromatic N) is 2. The van der Waals surface area contributed by atoms with Gasteiger partial charge < -0.3 is 14.0 Å².